The van der Waals surface area contributed by atoms with E-state index in [1.807, 2.05) is 31.2 Å². The van der Waals surface area contributed by atoms with Gasteiger partial charge in [0.25, 0.3) is 0 Å². The molecule has 1 heterocycles. The second kappa shape index (κ2) is 5.37. The van der Waals surface area contributed by atoms with Crippen molar-refractivity contribution in [2.45, 2.75) is 18.8 Å². The molecule has 0 bridgehead atoms. The normalized spacial score (nSPS) is 15.8. The first-order valence-corrected chi connectivity index (χ1v) is 6.95. The number of rotatable bonds is 4. The van der Waals surface area contributed by atoms with Crippen molar-refractivity contribution < 1.29 is 13.9 Å². The average Bonchev–Trinajstić information content (AvgIpc) is 2.94. The van der Waals surface area contributed by atoms with E-state index in [1.165, 1.54) is 6.07 Å². The summed E-state index contributed by atoms with van der Waals surface area (Å²) in [5.74, 6) is 1.28. The molecular formula is C17H18FNO2. The maximum Gasteiger partial charge on any atom is 0.231 e. The van der Waals surface area contributed by atoms with Gasteiger partial charge in [-0.1, -0.05) is 25.1 Å². The third-order valence-corrected chi connectivity index (χ3v) is 4.00. The van der Waals surface area contributed by atoms with Gasteiger partial charge < -0.3 is 15.2 Å². The molecule has 0 aliphatic carbocycles. The summed E-state index contributed by atoms with van der Waals surface area (Å²) in [6.07, 6.45) is 0.712. The molecule has 1 aliphatic rings. The lowest BCUT2D eigenvalue weighted by molar-refractivity contribution is 0.174. The molecule has 0 spiro atoms. The molecule has 0 radical (unpaired) electrons. The number of nitrogens with two attached hydrogens (primary N) is 1. The van der Waals surface area contributed by atoms with Gasteiger partial charge in [0.1, 0.15) is 5.82 Å². The zero-order chi connectivity index (χ0) is 14.9. The lowest BCUT2D eigenvalue weighted by Crippen LogP contribution is -2.34. The topological polar surface area (TPSA) is 44.5 Å². The minimum Gasteiger partial charge on any atom is -0.454 e. The Morgan fingerprint density at radius 3 is 2.71 bits per heavy atom. The molecular weight excluding hydrogens is 269 g/mol. The van der Waals surface area contributed by atoms with Crippen LogP contribution >= 0.6 is 0 Å². The predicted molar refractivity (Wildman–Crippen MR) is 79.1 cm³/mol. The van der Waals surface area contributed by atoms with Crippen LogP contribution in [0.25, 0.3) is 0 Å². The van der Waals surface area contributed by atoms with E-state index in [1.54, 1.807) is 12.1 Å². The summed E-state index contributed by atoms with van der Waals surface area (Å²) in [6.45, 7) is 2.74. The van der Waals surface area contributed by atoms with E-state index >= 15 is 0 Å². The predicted octanol–water partition coefficient (Wildman–Crippen LogP) is 3.01. The van der Waals surface area contributed by atoms with Crippen molar-refractivity contribution in [3.05, 3.63) is 59.4 Å². The molecule has 1 aliphatic heterocycles. The third-order valence-electron chi connectivity index (χ3n) is 4.00. The SMILES string of the molecule is CC(CN)(Cc1ccc2c(c1)OCO2)c1cccc(F)c1. The Balaban J connectivity index is 1.90. The zero-order valence-corrected chi connectivity index (χ0v) is 11.9. The standard InChI is InChI=1S/C17H18FNO2/c1-17(10-19,13-3-2-4-14(18)8-13)9-12-5-6-15-16(7-12)21-11-20-15/h2-8H,9-11,19H2,1H3. The van der Waals surface area contributed by atoms with Gasteiger partial charge >= 0.3 is 0 Å². The van der Waals surface area contributed by atoms with Gasteiger partial charge in [-0.25, -0.2) is 4.39 Å². The van der Waals surface area contributed by atoms with Gasteiger partial charge in [0.05, 0.1) is 0 Å². The Morgan fingerprint density at radius 1 is 1.14 bits per heavy atom. The van der Waals surface area contributed by atoms with E-state index in [0.29, 0.717) is 13.0 Å². The minimum absolute atomic E-state index is 0.238. The fourth-order valence-corrected chi connectivity index (χ4v) is 2.66. The molecule has 2 N–H and O–H groups in total. The summed E-state index contributed by atoms with van der Waals surface area (Å²) in [5, 5.41) is 0. The fourth-order valence-electron chi connectivity index (χ4n) is 2.66. The van der Waals surface area contributed by atoms with Crippen LogP contribution < -0.4 is 15.2 Å². The molecule has 0 amide bonds. The van der Waals surface area contributed by atoms with E-state index in [0.717, 1.165) is 22.6 Å². The van der Waals surface area contributed by atoms with Crippen molar-refractivity contribution in [3.8, 4) is 11.5 Å². The Hall–Kier alpha value is -2.07. The number of hydrogen-bond donors (Lipinski definition) is 1. The van der Waals surface area contributed by atoms with Crippen molar-refractivity contribution in [2.75, 3.05) is 13.3 Å². The lowest BCUT2D eigenvalue weighted by Gasteiger charge is -2.29. The van der Waals surface area contributed by atoms with Gasteiger partial charge in [-0.05, 0) is 41.8 Å². The maximum atomic E-state index is 13.5. The van der Waals surface area contributed by atoms with Crippen LogP contribution in [-0.4, -0.2) is 13.3 Å². The molecule has 110 valence electrons. The number of ether oxygens (including phenoxy) is 2. The molecule has 0 fully saturated rings. The van der Waals surface area contributed by atoms with Gasteiger partial charge in [0.15, 0.2) is 11.5 Å². The highest BCUT2D eigenvalue weighted by molar-refractivity contribution is 5.45. The van der Waals surface area contributed by atoms with Crippen LogP contribution in [0.4, 0.5) is 4.39 Å². The highest BCUT2D eigenvalue weighted by atomic mass is 19.1. The van der Waals surface area contributed by atoms with Gasteiger partial charge in [-0.3, -0.25) is 0 Å². The molecule has 3 nitrogen and oxygen atoms in total. The molecule has 0 saturated carbocycles. The van der Waals surface area contributed by atoms with Crippen LogP contribution in [-0.2, 0) is 11.8 Å². The van der Waals surface area contributed by atoms with Crippen LogP contribution in [0.1, 0.15) is 18.1 Å². The minimum atomic E-state index is -0.324. The van der Waals surface area contributed by atoms with Crippen LogP contribution in [0.5, 0.6) is 11.5 Å². The molecule has 21 heavy (non-hydrogen) atoms. The number of benzene rings is 2. The summed E-state index contributed by atoms with van der Waals surface area (Å²) < 4.78 is 24.2. The van der Waals surface area contributed by atoms with Crippen LogP contribution in [0.15, 0.2) is 42.5 Å². The van der Waals surface area contributed by atoms with E-state index in [2.05, 4.69) is 0 Å². The summed E-state index contributed by atoms with van der Waals surface area (Å²) in [6, 6.07) is 12.5. The van der Waals surface area contributed by atoms with E-state index < -0.39 is 0 Å². The van der Waals surface area contributed by atoms with Gasteiger partial charge in [0.2, 0.25) is 6.79 Å². The van der Waals surface area contributed by atoms with Crippen molar-refractivity contribution in [1.82, 2.24) is 0 Å². The highest BCUT2D eigenvalue weighted by Crippen LogP contribution is 2.35. The van der Waals surface area contributed by atoms with E-state index in [9.17, 15) is 4.39 Å². The summed E-state index contributed by atoms with van der Waals surface area (Å²) in [4.78, 5) is 0. The highest BCUT2D eigenvalue weighted by Gasteiger charge is 2.27. The van der Waals surface area contributed by atoms with Gasteiger partial charge in [-0.2, -0.15) is 0 Å². The number of fused-ring (bicyclic) bond motifs is 1. The largest absolute Gasteiger partial charge is 0.454 e. The summed E-state index contributed by atoms with van der Waals surface area (Å²) in [7, 11) is 0. The Bertz CT molecular complexity index is 659. The van der Waals surface area contributed by atoms with Gasteiger partial charge in [-0.15, -0.1) is 0 Å². The summed E-state index contributed by atoms with van der Waals surface area (Å²) in [5.41, 5.74) is 7.65. The van der Waals surface area contributed by atoms with E-state index in [-0.39, 0.29) is 18.0 Å². The lowest BCUT2D eigenvalue weighted by atomic mass is 9.77. The van der Waals surface area contributed by atoms with Gasteiger partial charge in [0, 0.05) is 12.0 Å². The number of halogens is 1. The number of hydrogen-bond acceptors (Lipinski definition) is 3. The van der Waals surface area contributed by atoms with Crippen LogP contribution in [0.2, 0.25) is 0 Å². The second-order valence-electron chi connectivity index (χ2n) is 5.64. The average molecular weight is 287 g/mol. The van der Waals surface area contributed by atoms with Crippen molar-refractivity contribution in [1.29, 1.82) is 0 Å². The van der Waals surface area contributed by atoms with Crippen molar-refractivity contribution in [3.63, 3.8) is 0 Å². The third kappa shape index (κ3) is 2.72. The summed E-state index contributed by atoms with van der Waals surface area (Å²) >= 11 is 0. The molecule has 3 rings (SSSR count). The molecule has 0 saturated heterocycles. The first-order chi connectivity index (χ1) is 10.1. The first kappa shape index (κ1) is 13.9. The van der Waals surface area contributed by atoms with Crippen LogP contribution in [0, 0.1) is 5.82 Å². The van der Waals surface area contributed by atoms with Crippen molar-refractivity contribution >= 4 is 0 Å². The quantitative estimate of drug-likeness (QED) is 0.940. The second-order valence-corrected chi connectivity index (χ2v) is 5.64. The molecule has 0 aromatic heterocycles. The molecule has 2 aromatic rings. The Labute approximate surface area is 123 Å². The Morgan fingerprint density at radius 2 is 1.95 bits per heavy atom. The molecule has 1 unspecified atom stereocenters. The molecule has 4 heteroatoms. The van der Waals surface area contributed by atoms with E-state index in [4.69, 9.17) is 15.2 Å². The molecule has 2 aromatic carbocycles. The first-order valence-electron chi connectivity index (χ1n) is 6.95. The Kier molecular flexibility index (Phi) is 3.55. The monoisotopic (exact) mass is 287 g/mol. The molecule has 1 atom stereocenters. The fraction of sp³-hybridized carbons (Fsp3) is 0.294. The maximum absolute atomic E-state index is 13.5. The smallest absolute Gasteiger partial charge is 0.231 e. The van der Waals surface area contributed by atoms with Crippen LogP contribution in [0.3, 0.4) is 0 Å². The zero-order valence-electron chi connectivity index (χ0n) is 11.9. The van der Waals surface area contributed by atoms with Crippen molar-refractivity contribution in [2.24, 2.45) is 5.73 Å².